The molecule has 1 saturated heterocycles. The topological polar surface area (TPSA) is 40.6 Å². The molecular formula is C21H19F3N2O2. The molecule has 0 aliphatic carbocycles. The number of likely N-dealkylation sites (tertiary alicyclic amines) is 1. The van der Waals surface area contributed by atoms with Crippen molar-refractivity contribution in [3.8, 4) is 0 Å². The Morgan fingerprint density at radius 3 is 2.21 bits per heavy atom. The van der Waals surface area contributed by atoms with E-state index in [-0.39, 0.29) is 23.4 Å². The minimum absolute atomic E-state index is 0.0307. The lowest BCUT2D eigenvalue weighted by Crippen LogP contribution is -2.46. The maximum Gasteiger partial charge on any atom is 0.416 e. The zero-order valence-electron chi connectivity index (χ0n) is 15.1. The van der Waals surface area contributed by atoms with Crippen LogP contribution in [0.25, 0.3) is 0 Å². The summed E-state index contributed by atoms with van der Waals surface area (Å²) in [5.74, 6) is -0.244. The number of carbonyl (C=O) groups is 2. The number of benzene rings is 2. The van der Waals surface area contributed by atoms with Gasteiger partial charge in [0.05, 0.1) is 5.56 Å². The molecule has 0 N–H and O–H groups in total. The van der Waals surface area contributed by atoms with Crippen molar-refractivity contribution < 1.29 is 22.8 Å². The Bertz CT molecular complexity index is 901. The summed E-state index contributed by atoms with van der Waals surface area (Å²) in [5, 5.41) is 0. The first-order valence-corrected chi connectivity index (χ1v) is 9.20. The number of fused-ring (bicyclic) bond motifs is 1. The average Bonchev–Trinajstić information content (AvgIpc) is 3.04. The lowest BCUT2D eigenvalue weighted by atomic mass is 10.0. The molecule has 0 spiro atoms. The van der Waals surface area contributed by atoms with Gasteiger partial charge in [-0.05, 0) is 48.7 Å². The van der Waals surface area contributed by atoms with E-state index in [0.29, 0.717) is 32.5 Å². The number of halogens is 3. The summed E-state index contributed by atoms with van der Waals surface area (Å²) in [4.78, 5) is 28.7. The summed E-state index contributed by atoms with van der Waals surface area (Å²) in [6, 6.07) is 11.9. The van der Waals surface area contributed by atoms with Crippen LogP contribution in [0.1, 0.15) is 44.7 Å². The molecule has 1 fully saturated rings. The van der Waals surface area contributed by atoms with Crippen LogP contribution in [0, 0.1) is 0 Å². The van der Waals surface area contributed by atoms with Gasteiger partial charge in [-0.3, -0.25) is 9.59 Å². The SMILES string of the molecule is O=C(c1ccc(C(F)(F)F)cc1)N1CCC(N2Cc3ccccc3C2=O)CC1. The highest BCUT2D eigenvalue weighted by Crippen LogP contribution is 2.30. The van der Waals surface area contributed by atoms with Crippen LogP contribution in [-0.2, 0) is 12.7 Å². The third-order valence-corrected chi connectivity index (χ3v) is 5.50. The van der Waals surface area contributed by atoms with E-state index < -0.39 is 11.7 Å². The first-order chi connectivity index (χ1) is 13.3. The highest BCUT2D eigenvalue weighted by atomic mass is 19.4. The van der Waals surface area contributed by atoms with Crippen molar-refractivity contribution in [1.29, 1.82) is 0 Å². The second-order valence-corrected chi connectivity index (χ2v) is 7.19. The van der Waals surface area contributed by atoms with E-state index in [2.05, 4.69) is 0 Å². The quantitative estimate of drug-likeness (QED) is 0.781. The smallest absolute Gasteiger partial charge is 0.338 e. The predicted molar refractivity (Wildman–Crippen MR) is 96.7 cm³/mol. The molecule has 0 saturated carbocycles. The number of rotatable bonds is 2. The van der Waals surface area contributed by atoms with Crippen molar-refractivity contribution in [2.75, 3.05) is 13.1 Å². The molecule has 2 aliphatic heterocycles. The summed E-state index contributed by atoms with van der Waals surface area (Å²) in [7, 11) is 0. The van der Waals surface area contributed by atoms with Crippen LogP contribution in [0.2, 0.25) is 0 Å². The van der Waals surface area contributed by atoms with Gasteiger partial charge in [-0.15, -0.1) is 0 Å². The van der Waals surface area contributed by atoms with Gasteiger partial charge < -0.3 is 9.80 Å². The second-order valence-electron chi connectivity index (χ2n) is 7.19. The molecule has 2 aliphatic rings. The molecule has 0 aromatic heterocycles. The van der Waals surface area contributed by atoms with Gasteiger partial charge in [0.25, 0.3) is 11.8 Å². The summed E-state index contributed by atoms with van der Waals surface area (Å²) in [6.45, 7) is 1.54. The number of carbonyl (C=O) groups excluding carboxylic acids is 2. The molecule has 7 heteroatoms. The average molecular weight is 388 g/mol. The molecule has 146 valence electrons. The van der Waals surface area contributed by atoms with Crippen molar-refractivity contribution in [3.63, 3.8) is 0 Å². The monoisotopic (exact) mass is 388 g/mol. The Morgan fingerprint density at radius 1 is 0.964 bits per heavy atom. The Hall–Kier alpha value is -2.83. The molecule has 0 bridgehead atoms. The number of amides is 2. The zero-order valence-corrected chi connectivity index (χ0v) is 15.1. The van der Waals surface area contributed by atoms with Gasteiger partial charge in [-0.25, -0.2) is 0 Å². The van der Waals surface area contributed by atoms with E-state index in [1.165, 1.54) is 12.1 Å². The third-order valence-electron chi connectivity index (χ3n) is 5.50. The minimum atomic E-state index is -4.42. The van der Waals surface area contributed by atoms with Crippen molar-refractivity contribution in [3.05, 3.63) is 70.8 Å². The van der Waals surface area contributed by atoms with Gasteiger partial charge in [0.15, 0.2) is 0 Å². The maximum absolute atomic E-state index is 12.7. The first kappa shape index (κ1) is 18.5. The lowest BCUT2D eigenvalue weighted by molar-refractivity contribution is -0.137. The lowest BCUT2D eigenvalue weighted by Gasteiger charge is -2.36. The van der Waals surface area contributed by atoms with Gasteiger partial charge in [-0.1, -0.05) is 18.2 Å². The number of nitrogens with zero attached hydrogens (tertiary/aromatic N) is 2. The van der Waals surface area contributed by atoms with E-state index in [9.17, 15) is 22.8 Å². The van der Waals surface area contributed by atoms with Crippen LogP contribution in [0.3, 0.4) is 0 Å². The summed E-state index contributed by atoms with van der Waals surface area (Å²) in [6.07, 6.45) is -3.10. The molecule has 2 aromatic carbocycles. The van der Waals surface area contributed by atoms with Crippen LogP contribution in [-0.4, -0.2) is 40.7 Å². The fraction of sp³-hybridized carbons (Fsp3) is 0.333. The molecular weight excluding hydrogens is 369 g/mol. The Morgan fingerprint density at radius 2 is 1.61 bits per heavy atom. The van der Waals surface area contributed by atoms with Gasteiger partial charge in [0.2, 0.25) is 0 Å². The summed E-state index contributed by atoms with van der Waals surface area (Å²) < 4.78 is 38.0. The highest BCUT2D eigenvalue weighted by molar-refractivity contribution is 5.98. The second kappa shape index (κ2) is 6.96. The summed E-state index contributed by atoms with van der Waals surface area (Å²) in [5.41, 5.74) is 1.24. The van der Waals surface area contributed by atoms with E-state index in [4.69, 9.17) is 0 Å². The van der Waals surface area contributed by atoms with Crippen molar-refractivity contribution >= 4 is 11.8 Å². The normalized spacial score (nSPS) is 17.8. The predicted octanol–water partition coefficient (Wildman–Crippen LogP) is 3.97. The van der Waals surface area contributed by atoms with Crippen LogP contribution in [0.5, 0.6) is 0 Å². The molecule has 2 amide bonds. The highest BCUT2D eigenvalue weighted by Gasteiger charge is 2.35. The van der Waals surface area contributed by atoms with Crippen LogP contribution in [0.4, 0.5) is 13.2 Å². The van der Waals surface area contributed by atoms with Gasteiger partial charge >= 0.3 is 6.18 Å². The minimum Gasteiger partial charge on any atom is -0.338 e. The van der Waals surface area contributed by atoms with Gasteiger partial charge in [0.1, 0.15) is 0 Å². The third kappa shape index (κ3) is 3.37. The Balaban J connectivity index is 1.38. The molecule has 4 rings (SSSR count). The van der Waals surface area contributed by atoms with Crippen LogP contribution in [0.15, 0.2) is 48.5 Å². The molecule has 28 heavy (non-hydrogen) atoms. The van der Waals surface area contributed by atoms with E-state index in [1.807, 2.05) is 29.2 Å². The van der Waals surface area contributed by atoms with E-state index in [0.717, 1.165) is 23.3 Å². The summed E-state index contributed by atoms with van der Waals surface area (Å²) >= 11 is 0. The molecule has 0 atom stereocenters. The molecule has 4 nitrogen and oxygen atoms in total. The van der Waals surface area contributed by atoms with E-state index >= 15 is 0 Å². The van der Waals surface area contributed by atoms with Crippen LogP contribution >= 0.6 is 0 Å². The first-order valence-electron chi connectivity index (χ1n) is 9.20. The van der Waals surface area contributed by atoms with Crippen molar-refractivity contribution in [2.45, 2.75) is 31.6 Å². The Labute approximate surface area is 160 Å². The molecule has 0 unspecified atom stereocenters. The molecule has 2 heterocycles. The van der Waals surface area contributed by atoms with Gasteiger partial charge in [0, 0.05) is 36.8 Å². The fourth-order valence-corrected chi connectivity index (χ4v) is 3.94. The van der Waals surface area contributed by atoms with Crippen LogP contribution < -0.4 is 0 Å². The zero-order chi connectivity index (χ0) is 19.9. The number of hydrogen-bond donors (Lipinski definition) is 0. The standard InChI is InChI=1S/C21H19F3N2O2/c22-21(23,24)16-7-5-14(6-8-16)19(27)25-11-9-17(10-12-25)26-13-15-3-1-2-4-18(15)20(26)28/h1-8,17H,9-13H2. The number of piperidine rings is 1. The Kier molecular flexibility index (Phi) is 4.61. The van der Waals surface area contributed by atoms with Crippen molar-refractivity contribution in [2.24, 2.45) is 0 Å². The molecule has 2 aromatic rings. The largest absolute Gasteiger partial charge is 0.416 e. The van der Waals surface area contributed by atoms with Crippen molar-refractivity contribution in [1.82, 2.24) is 9.80 Å². The number of alkyl halides is 3. The number of hydrogen-bond acceptors (Lipinski definition) is 2. The fourth-order valence-electron chi connectivity index (χ4n) is 3.94. The van der Waals surface area contributed by atoms with Gasteiger partial charge in [-0.2, -0.15) is 13.2 Å². The maximum atomic E-state index is 12.7. The molecule has 0 radical (unpaired) electrons. The van der Waals surface area contributed by atoms with E-state index in [1.54, 1.807) is 4.90 Å².